The number of nitrogens with one attached hydrogen (secondary N) is 1. The fraction of sp³-hybridized carbons (Fsp3) is 0.400. The maximum absolute atomic E-state index is 12.4. The molecule has 0 aliphatic heterocycles. The molecule has 0 saturated carbocycles. The van der Waals surface area contributed by atoms with E-state index >= 15 is 0 Å². The zero-order valence-corrected chi connectivity index (χ0v) is 12.1. The van der Waals surface area contributed by atoms with Crippen LogP contribution in [0.1, 0.15) is 41.6 Å². The Morgan fingerprint density at radius 2 is 1.83 bits per heavy atom. The lowest BCUT2D eigenvalue weighted by molar-refractivity contribution is -0.139. The predicted molar refractivity (Wildman–Crippen MR) is 74.4 cm³/mol. The summed E-state index contributed by atoms with van der Waals surface area (Å²) in [4.78, 5) is 23.0. The van der Waals surface area contributed by atoms with Crippen molar-refractivity contribution in [1.82, 2.24) is 5.32 Å². The Morgan fingerprint density at radius 3 is 2.30 bits per heavy atom. The van der Waals surface area contributed by atoms with Crippen LogP contribution < -0.4 is 5.32 Å². The van der Waals surface area contributed by atoms with Crippen LogP contribution >= 0.6 is 0 Å². The number of carboxylic acids is 1. The van der Waals surface area contributed by atoms with Gasteiger partial charge in [0, 0.05) is 12.0 Å². The zero-order chi connectivity index (χ0) is 17.5. The summed E-state index contributed by atoms with van der Waals surface area (Å²) in [5.74, 6) is -1.99. The van der Waals surface area contributed by atoms with Crippen LogP contribution in [0.25, 0.3) is 0 Å². The Labute approximate surface area is 130 Å². The number of carboxylic acid groups (broad SMARTS) is 1. The van der Waals surface area contributed by atoms with E-state index in [1.165, 1.54) is 0 Å². The molecule has 2 N–H and O–H groups in total. The lowest BCUT2D eigenvalue weighted by atomic mass is 10.1. The molecule has 0 heterocycles. The third-order valence-electron chi connectivity index (χ3n) is 3.11. The molecule has 0 aliphatic carbocycles. The first-order chi connectivity index (χ1) is 10.8. The third kappa shape index (κ3) is 5.98. The molecular formula is C15H15F3N2O3. The summed E-state index contributed by atoms with van der Waals surface area (Å²) in [5.41, 5.74) is -0.943. The molecule has 1 rings (SSSR count). The van der Waals surface area contributed by atoms with Crippen molar-refractivity contribution in [2.45, 2.75) is 37.9 Å². The molecule has 1 aromatic rings. The van der Waals surface area contributed by atoms with Gasteiger partial charge in [0.1, 0.15) is 6.04 Å². The fourth-order valence-electron chi connectivity index (χ4n) is 1.86. The number of nitrogens with zero attached hydrogens (tertiary/aromatic N) is 1. The predicted octanol–water partition coefficient (Wildman–Crippen LogP) is 2.97. The molecule has 0 aromatic heterocycles. The summed E-state index contributed by atoms with van der Waals surface area (Å²) < 4.78 is 37.3. The fourth-order valence-corrected chi connectivity index (χ4v) is 1.86. The molecule has 0 spiro atoms. The molecule has 0 bridgehead atoms. The number of nitriles is 1. The van der Waals surface area contributed by atoms with Crippen molar-refractivity contribution in [3.63, 3.8) is 0 Å². The first-order valence-electron chi connectivity index (χ1n) is 6.83. The van der Waals surface area contributed by atoms with Gasteiger partial charge in [-0.2, -0.15) is 18.4 Å². The highest BCUT2D eigenvalue weighted by molar-refractivity contribution is 5.96. The smallest absolute Gasteiger partial charge is 0.416 e. The molecule has 1 atom stereocenters. The van der Waals surface area contributed by atoms with E-state index in [0.29, 0.717) is 19.3 Å². The van der Waals surface area contributed by atoms with Crippen LogP contribution in [0.5, 0.6) is 0 Å². The van der Waals surface area contributed by atoms with E-state index in [1.807, 2.05) is 6.07 Å². The summed E-state index contributed by atoms with van der Waals surface area (Å²) in [6.07, 6.45) is -3.11. The molecule has 23 heavy (non-hydrogen) atoms. The number of alkyl halides is 3. The van der Waals surface area contributed by atoms with E-state index in [0.717, 1.165) is 24.3 Å². The Balaban J connectivity index is 2.68. The van der Waals surface area contributed by atoms with Gasteiger partial charge in [-0.15, -0.1) is 0 Å². The second-order valence-electron chi connectivity index (χ2n) is 4.84. The molecule has 8 heteroatoms. The number of unbranched alkanes of at least 4 members (excludes halogenated alkanes) is 2. The zero-order valence-electron chi connectivity index (χ0n) is 12.1. The maximum Gasteiger partial charge on any atom is 0.416 e. The number of rotatable bonds is 7. The van der Waals surface area contributed by atoms with E-state index in [9.17, 15) is 22.8 Å². The van der Waals surface area contributed by atoms with E-state index in [4.69, 9.17) is 10.4 Å². The minimum absolute atomic E-state index is 0.0544. The van der Waals surface area contributed by atoms with Gasteiger partial charge in [-0.3, -0.25) is 4.79 Å². The van der Waals surface area contributed by atoms with Gasteiger partial charge in [0.25, 0.3) is 5.91 Å². The number of halogens is 3. The lowest BCUT2D eigenvalue weighted by Crippen LogP contribution is -2.40. The summed E-state index contributed by atoms with van der Waals surface area (Å²) in [7, 11) is 0. The molecule has 5 nitrogen and oxygen atoms in total. The molecule has 1 amide bonds. The molecule has 0 saturated heterocycles. The summed E-state index contributed by atoms with van der Waals surface area (Å²) in [6, 6.07) is 4.29. The van der Waals surface area contributed by atoms with Gasteiger partial charge in [0.05, 0.1) is 11.6 Å². The van der Waals surface area contributed by atoms with Crippen LogP contribution in [-0.4, -0.2) is 23.0 Å². The Hall–Kier alpha value is -2.56. The Bertz CT molecular complexity index is 591. The van der Waals surface area contributed by atoms with Crippen LogP contribution in [-0.2, 0) is 11.0 Å². The van der Waals surface area contributed by atoms with Crippen LogP contribution in [0.4, 0.5) is 13.2 Å². The first-order valence-corrected chi connectivity index (χ1v) is 6.83. The van der Waals surface area contributed by atoms with Crippen LogP contribution in [0.3, 0.4) is 0 Å². The van der Waals surface area contributed by atoms with Gasteiger partial charge in [-0.05, 0) is 43.5 Å². The average Bonchev–Trinajstić information content (AvgIpc) is 2.49. The van der Waals surface area contributed by atoms with E-state index in [2.05, 4.69) is 5.32 Å². The minimum atomic E-state index is -4.50. The number of hydrogen-bond acceptors (Lipinski definition) is 3. The Morgan fingerprint density at radius 1 is 1.22 bits per heavy atom. The number of aliphatic carboxylic acids is 1. The molecule has 124 valence electrons. The Kier molecular flexibility index (Phi) is 6.57. The second-order valence-corrected chi connectivity index (χ2v) is 4.84. The van der Waals surface area contributed by atoms with Crippen molar-refractivity contribution in [1.29, 1.82) is 5.26 Å². The summed E-state index contributed by atoms with van der Waals surface area (Å²) >= 11 is 0. The number of hydrogen-bond donors (Lipinski definition) is 2. The number of benzene rings is 1. The standard InChI is InChI=1S/C15H15F3N2O3/c16-15(17,18)11-7-5-10(6-8-11)13(21)20-12(14(22)23)4-2-1-3-9-19/h5-8,12H,1-4H2,(H,20,21)(H,22,23)/t12-/m1/s1. The number of amides is 1. The molecule has 0 radical (unpaired) electrons. The van der Waals surface area contributed by atoms with Gasteiger partial charge in [0.2, 0.25) is 0 Å². The van der Waals surface area contributed by atoms with Crippen molar-refractivity contribution in [2.75, 3.05) is 0 Å². The van der Waals surface area contributed by atoms with Crippen molar-refractivity contribution < 1.29 is 27.9 Å². The van der Waals surface area contributed by atoms with Gasteiger partial charge < -0.3 is 10.4 Å². The molecule has 0 fully saturated rings. The second kappa shape index (κ2) is 8.17. The van der Waals surface area contributed by atoms with Gasteiger partial charge in [0.15, 0.2) is 0 Å². The maximum atomic E-state index is 12.4. The highest BCUT2D eigenvalue weighted by Gasteiger charge is 2.30. The first kappa shape index (κ1) is 18.5. The SMILES string of the molecule is N#CCCCC[C@@H](NC(=O)c1ccc(C(F)(F)F)cc1)C(=O)O. The van der Waals surface area contributed by atoms with Crippen LogP contribution in [0, 0.1) is 11.3 Å². The van der Waals surface area contributed by atoms with E-state index < -0.39 is 29.7 Å². The van der Waals surface area contributed by atoms with Crippen molar-refractivity contribution >= 4 is 11.9 Å². The monoisotopic (exact) mass is 328 g/mol. The van der Waals surface area contributed by atoms with Gasteiger partial charge >= 0.3 is 12.1 Å². The highest BCUT2D eigenvalue weighted by Crippen LogP contribution is 2.29. The molecule has 1 aromatic carbocycles. The van der Waals surface area contributed by atoms with Crippen molar-refractivity contribution in [2.24, 2.45) is 0 Å². The molecular weight excluding hydrogens is 313 g/mol. The molecule has 0 unspecified atom stereocenters. The minimum Gasteiger partial charge on any atom is -0.480 e. The van der Waals surface area contributed by atoms with Crippen LogP contribution in [0.2, 0.25) is 0 Å². The highest BCUT2D eigenvalue weighted by atomic mass is 19.4. The van der Waals surface area contributed by atoms with E-state index in [1.54, 1.807) is 0 Å². The number of carbonyl (C=O) groups is 2. The van der Waals surface area contributed by atoms with Gasteiger partial charge in [-0.25, -0.2) is 4.79 Å². The molecule has 0 aliphatic rings. The quantitative estimate of drug-likeness (QED) is 0.753. The average molecular weight is 328 g/mol. The largest absolute Gasteiger partial charge is 0.480 e. The van der Waals surface area contributed by atoms with Crippen molar-refractivity contribution in [3.8, 4) is 6.07 Å². The number of carbonyl (C=O) groups excluding carboxylic acids is 1. The third-order valence-corrected chi connectivity index (χ3v) is 3.11. The van der Waals surface area contributed by atoms with Crippen molar-refractivity contribution in [3.05, 3.63) is 35.4 Å². The van der Waals surface area contributed by atoms with Gasteiger partial charge in [-0.1, -0.05) is 0 Å². The normalized spacial score (nSPS) is 12.3. The summed E-state index contributed by atoms with van der Waals surface area (Å²) in [6.45, 7) is 0. The topological polar surface area (TPSA) is 90.2 Å². The van der Waals surface area contributed by atoms with Crippen LogP contribution in [0.15, 0.2) is 24.3 Å². The van der Waals surface area contributed by atoms with E-state index in [-0.39, 0.29) is 12.0 Å². The summed E-state index contributed by atoms with van der Waals surface area (Å²) in [5, 5.41) is 19.7. The lowest BCUT2D eigenvalue weighted by Gasteiger charge is -2.14.